The Balaban J connectivity index is 1.94. The van der Waals surface area contributed by atoms with Crippen LogP contribution in [0.4, 0.5) is 5.69 Å². The Hall–Kier alpha value is -2.79. The van der Waals surface area contributed by atoms with Crippen molar-refractivity contribution in [2.24, 2.45) is 0 Å². The molecule has 1 N–H and O–H groups in total. The minimum absolute atomic E-state index is 0.250. The highest BCUT2D eigenvalue weighted by atomic mass is 79.9. The second-order valence-electron chi connectivity index (χ2n) is 5.05. The molecule has 0 saturated carbocycles. The van der Waals surface area contributed by atoms with Gasteiger partial charge in [-0.1, -0.05) is 40.2 Å². The van der Waals surface area contributed by atoms with Crippen molar-refractivity contribution in [3.8, 4) is 0 Å². The van der Waals surface area contributed by atoms with Crippen LogP contribution in [0.2, 0.25) is 0 Å². The number of hydrogen-bond acceptors (Lipinski definition) is 3. The summed E-state index contributed by atoms with van der Waals surface area (Å²) in [6.07, 6.45) is 1.56. The van der Waals surface area contributed by atoms with Gasteiger partial charge in [0, 0.05) is 21.8 Å². The lowest BCUT2D eigenvalue weighted by atomic mass is 10.0. The van der Waals surface area contributed by atoms with Crippen molar-refractivity contribution in [3.05, 3.63) is 94.2 Å². The third kappa shape index (κ3) is 3.58. The molecule has 1 amide bonds. The summed E-state index contributed by atoms with van der Waals surface area (Å²) < 4.78 is 0.750. The average Bonchev–Trinajstić information content (AvgIpc) is 2.64. The molecule has 5 heteroatoms. The molecule has 0 aliphatic carbocycles. The van der Waals surface area contributed by atoms with Gasteiger partial charge in [0.05, 0.1) is 5.69 Å². The van der Waals surface area contributed by atoms with Crippen LogP contribution in [0.3, 0.4) is 0 Å². The van der Waals surface area contributed by atoms with Crippen molar-refractivity contribution in [2.45, 2.75) is 0 Å². The number of aromatic nitrogens is 1. The van der Waals surface area contributed by atoms with Gasteiger partial charge >= 0.3 is 0 Å². The molecule has 0 bridgehead atoms. The van der Waals surface area contributed by atoms with E-state index < -0.39 is 0 Å². The van der Waals surface area contributed by atoms with Crippen molar-refractivity contribution in [1.82, 2.24) is 4.98 Å². The van der Waals surface area contributed by atoms with Crippen LogP contribution in [-0.4, -0.2) is 16.7 Å². The van der Waals surface area contributed by atoms with Gasteiger partial charge in [-0.25, -0.2) is 0 Å². The number of nitrogens with zero attached hydrogens (tertiary/aromatic N) is 1. The van der Waals surface area contributed by atoms with Crippen molar-refractivity contribution < 1.29 is 9.59 Å². The molecule has 0 spiro atoms. The van der Waals surface area contributed by atoms with Crippen molar-refractivity contribution in [1.29, 1.82) is 0 Å². The Kier molecular flexibility index (Phi) is 4.82. The molecule has 118 valence electrons. The SMILES string of the molecule is O=C(Nc1ccc(Br)cc1C(=O)c1ccccn1)c1ccccc1. The fourth-order valence-corrected chi connectivity index (χ4v) is 2.59. The van der Waals surface area contributed by atoms with E-state index in [0.29, 0.717) is 22.5 Å². The maximum absolute atomic E-state index is 12.7. The Labute approximate surface area is 147 Å². The first-order valence-electron chi connectivity index (χ1n) is 7.27. The fourth-order valence-electron chi connectivity index (χ4n) is 2.23. The Bertz CT molecular complexity index is 880. The van der Waals surface area contributed by atoms with E-state index in [2.05, 4.69) is 26.2 Å². The van der Waals surface area contributed by atoms with Crippen LogP contribution in [0.25, 0.3) is 0 Å². The van der Waals surface area contributed by atoms with E-state index in [0.717, 1.165) is 4.47 Å². The first-order valence-corrected chi connectivity index (χ1v) is 8.06. The van der Waals surface area contributed by atoms with Crippen LogP contribution in [-0.2, 0) is 0 Å². The number of anilines is 1. The summed E-state index contributed by atoms with van der Waals surface area (Å²) in [6, 6.07) is 19.1. The third-order valence-corrected chi connectivity index (χ3v) is 3.90. The summed E-state index contributed by atoms with van der Waals surface area (Å²) in [5, 5.41) is 2.80. The number of hydrogen-bond donors (Lipinski definition) is 1. The predicted octanol–water partition coefficient (Wildman–Crippen LogP) is 4.33. The lowest BCUT2D eigenvalue weighted by Crippen LogP contribution is -2.15. The van der Waals surface area contributed by atoms with E-state index in [-0.39, 0.29) is 11.7 Å². The van der Waals surface area contributed by atoms with Gasteiger partial charge in [0.15, 0.2) is 0 Å². The first kappa shape index (κ1) is 16.1. The standard InChI is InChI=1S/C19H13BrN2O2/c20-14-9-10-16(22-19(24)13-6-2-1-3-7-13)15(12-14)18(23)17-8-4-5-11-21-17/h1-12H,(H,22,24). The molecule has 4 nitrogen and oxygen atoms in total. The monoisotopic (exact) mass is 380 g/mol. The maximum Gasteiger partial charge on any atom is 0.255 e. The highest BCUT2D eigenvalue weighted by molar-refractivity contribution is 9.10. The summed E-state index contributed by atoms with van der Waals surface area (Å²) in [4.78, 5) is 29.1. The summed E-state index contributed by atoms with van der Waals surface area (Å²) in [5.41, 5.74) is 1.68. The molecule has 1 heterocycles. The van der Waals surface area contributed by atoms with Crippen molar-refractivity contribution >= 4 is 33.3 Å². The molecule has 0 aliphatic heterocycles. The molecule has 0 saturated heterocycles. The number of carbonyl (C=O) groups is 2. The number of pyridine rings is 1. The largest absolute Gasteiger partial charge is 0.321 e. The van der Waals surface area contributed by atoms with Crippen LogP contribution >= 0.6 is 15.9 Å². The zero-order valence-corrected chi connectivity index (χ0v) is 14.2. The molecule has 3 aromatic rings. The maximum atomic E-state index is 12.7. The molecule has 0 unspecified atom stereocenters. The summed E-state index contributed by atoms with van der Waals surface area (Å²) in [7, 11) is 0. The van der Waals surface area contributed by atoms with Crippen LogP contribution in [0, 0.1) is 0 Å². The lowest BCUT2D eigenvalue weighted by molar-refractivity contribution is 0.102. The summed E-state index contributed by atoms with van der Waals surface area (Å²) in [5.74, 6) is -0.520. The van der Waals surface area contributed by atoms with E-state index in [9.17, 15) is 9.59 Å². The number of amides is 1. The zero-order valence-electron chi connectivity index (χ0n) is 12.6. The summed E-state index contributed by atoms with van der Waals surface area (Å²) in [6.45, 7) is 0. The van der Waals surface area contributed by atoms with Gasteiger partial charge < -0.3 is 5.32 Å². The van der Waals surface area contributed by atoms with Gasteiger partial charge in [-0.05, 0) is 42.5 Å². The average molecular weight is 381 g/mol. The molecule has 0 atom stereocenters. The van der Waals surface area contributed by atoms with E-state index in [1.807, 2.05) is 6.07 Å². The number of halogens is 1. The lowest BCUT2D eigenvalue weighted by Gasteiger charge is -2.11. The molecule has 24 heavy (non-hydrogen) atoms. The quantitative estimate of drug-likeness (QED) is 0.685. The first-order chi connectivity index (χ1) is 11.6. The Morgan fingerprint density at radius 1 is 0.917 bits per heavy atom. The van der Waals surface area contributed by atoms with Gasteiger partial charge in [0.2, 0.25) is 5.78 Å². The molecular formula is C19H13BrN2O2. The van der Waals surface area contributed by atoms with Crippen LogP contribution in [0.15, 0.2) is 77.4 Å². The smallest absolute Gasteiger partial charge is 0.255 e. The van der Waals surface area contributed by atoms with E-state index in [4.69, 9.17) is 0 Å². The Morgan fingerprint density at radius 2 is 1.67 bits per heavy atom. The minimum Gasteiger partial charge on any atom is -0.321 e. The van der Waals surface area contributed by atoms with Gasteiger partial charge in [-0.3, -0.25) is 14.6 Å². The van der Waals surface area contributed by atoms with E-state index in [1.54, 1.807) is 66.9 Å². The van der Waals surface area contributed by atoms with Crippen molar-refractivity contribution in [3.63, 3.8) is 0 Å². The van der Waals surface area contributed by atoms with Crippen LogP contribution in [0.5, 0.6) is 0 Å². The second-order valence-corrected chi connectivity index (χ2v) is 5.97. The number of ketones is 1. The van der Waals surface area contributed by atoms with Gasteiger partial charge in [-0.2, -0.15) is 0 Å². The van der Waals surface area contributed by atoms with E-state index in [1.165, 1.54) is 0 Å². The van der Waals surface area contributed by atoms with Gasteiger partial charge in [0.1, 0.15) is 5.69 Å². The fraction of sp³-hybridized carbons (Fsp3) is 0. The highest BCUT2D eigenvalue weighted by Gasteiger charge is 2.17. The number of rotatable bonds is 4. The topological polar surface area (TPSA) is 59.1 Å². The minimum atomic E-state index is -0.270. The molecule has 0 fully saturated rings. The van der Waals surface area contributed by atoms with Crippen LogP contribution in [0.1, 0.15) is 26.4 Å². The third-order valence-electron chi connectivity index (χ3n) is 3.41. The highest BCUT2D eigenvalue weighted by Crippen LogP contribution is 2.24. The molecule has 1 aromatic heterocycles. The second kappa shape index (κ2) is 7.19. The number of carbonyl (C=O) groups excluding carboxylic acids is 2. The van der Waals surface area contributed by atoms with Gasteiger partial charge in [-0.15, -0.1) is 0 Å². The van der Waals surface area contributed by atoms with Crippen LogP contribution < -0.4 is 5.32 Å². The molecule has 2 aromatic carbocycles. The zero-order chi connectivity index (χ0) is 16.9. The molecule has 3 rings (SSSR count). The van der Waals surface area contributed by atoms with Gasteiger partial charge in [0.25, 0.3) is 5.91 Å². The summed E-state index contributed by atoms with van der Waals surface area (Å²) >= 11 is 3.36. The Morgan fingerprint density at radius 3 is 2.38 bits per heavy atom. The molecule has 0 aliphatic rings. The normalized spacial score (nSPS) is 10.2. The molecule has 0 radical (unpaired) electrons. The number of nitrogens with one attached hydrogen (secondary N) is 1. The van der Waals surface area contributed by atoms with Crippen molar-refractivity contribution in [2.75, 3.05) is 5.32 Å². The molecular weight excluding hydrogens is 368 g/mol. The predicted molar refractivity (Wildman–Crippen MR) is 96.2 cm³/mol. The van der Waals surface area contributed by atoms with E-state index >= 15 is 0 Å². The number of benzene rings is 2.